The van der Waals surface area contributed by atoms with Gasteiger partial charge in [-0.15, -0.1) is 0 Å². The van der Waals surface area contributed by atoms with E-state index < -0.39 is 0 Å². The van der Waals surface area contributed by atoms with E-state index in [4.69, 9.17) is 5.11 Å². The topological polar surface area (TPSA) is 46.5 Å². The number of rotatable bonds is 2. The van der Waals surface area contributed by atoms with Gasteiger partial charge in [-0.05, 0) is 0 Å². The maximum absolute atomic E-state index is 9.87. The predicted molar refractivity (Wildman–Crippen MR) is 29.5 cm³/mol. The van der Waals surface area contributed by atoms with Crippen LogP contribution in [0, 0.1) is 0 Å². The minimum atomic E-state index is -0.353. The zero-order chi connectivity index (χ0) is 5.70. The zero-order valence-corrected chi connectivity index (χ0v) is 7.18. The summed E-state index contributed by atoms with van der Waals surface area (Å²) in [5.74, 6) is -0.353. The second-order valence-electron chi connectivity index (χ2n) is 1.06. The molecule has 0 heterocycles. The number of hydrogen-bond acceptors (Lipinski definition) is 3. The van der Waals surface area contributed by atoms with Crippen molar-refractivity contribution < 1.29 is 14.6 Å². The van der Waals surface area contributed by atoms with Crippen molar-refractivity contribution in [1.82, 2.24) is 0 Å². The maximum atomic E-state index is 9.87. The maximum Gasteiger partial charge on any atom is 0.302 e. The number of esters is 1. The second kappa shape index (κ2) is 7.43. The minimum absolute atomic E-state index is 0. The normalized spacial score (nSPS) is 7.25. The average molecular weight is 127 g/mol. The molecule has 43 valence electrons. The molecule has 3 nitrogen and oxygen atoms in total. The Morgan fingerprint density at radius 1 is 1.75 bits per heavy atom. The Morgan fingerprint density at radius 3 is 2.38 bits per heavy atom. The molecule has 0 aliphatic heterocycles. The number of carbonyl (C=O) groups excluding carboxylic acids is 1. The summed E-state index contributed by atoms with van der Waals surface area (Å²) in [4.78, 5) is 9.87. The monoisotopic (exact) mass is 127 g/mol. The molecular formula is C4H8NaO3. The molecule has 0 fully saturated rings. The molecule has 0 saturated carbocycles. The number of ether oxygens (including phenoxy) is 1. The SMILES string of the molecule is CC(=O)OCCO.[Na]. The molecule has 1 radical (unpaired) electrons. The fourth-order valence-corrected chi connectivity index (χ4v) is 0.189. The Bertz CT molecular complexity index is 64.3. The molecule has 4 heteroatoms. The van der Waals surface area contributed by atoms with Gasteiger partial charge in [0.2, 0.25) is 0 Å². The van der Waals surface area contributed by atoms with E-state index >= 15 is 0 Å². The minimum Gasteiger partial charge on any atom is -0.463 e. The number of hydrogen-bond donors (Lipinski definition) is 1. The molecule has 0 aliphatic rings. The Hall–Kier alpha value is 0.430. The van der Waals surface area contributed by atoms with Crippen molar-refractivity contribution in [2.75, 3.05) is 13.2 Å². The van der Waals surface area contributed by atoms with Crippen LogP contribution in [0.1, 0.15) is 6.92 Å². The van der Waals surface area contributed by atoms with E-state index in [1.807, 2.05) is 0 Å². The number of carbonyl (C=O) groups is 1. The standard InChI is InChI=1S/C4H8O3.Na/c1-4(6)7-3-2-5;/h5H,2-3H2,1H3;. The summed E-state index contributed by atoms with van der Waals surface area (Å²) >= 11 is 0. The Morgan fingerprint density at radius 2 is 2.25 bits per heavy atom. The molecule has 0 amide bonds. The third-order valence-corrected chi connectivity index (χ3v) is 0.397. The van der Waals surface area contributed by atoms with E-state index in [2.05, 4.69) is 4.74 Å². The quantitative estimate of drug-likeness (QED) is 0.388. The molecule has 0 rings (SSSR count). The van der Waals surface area contributed by atoms with Crippen LogP contribution in [0.4, 0.5) is 0 Å². The van der Waals surface area contributed by atoms with Crippen LogP contribution in [-0.4, -0.2) is 53.8 Å². The summed E-state index contributed by atoms with van der Waals surface area (Å²) in [6, 6.07) is 0. The molecule has 1 N–H and O–H groups in total. The van der Waals surface area contributed by atoms with Crippen LogP contribution in [0.3, 0.4) is 0 Å². The number of aliphatic hydroxyl groups is 1. The third-order valence-electron chi connectivity index (χ3n) is 0.397. The molecule has 0 aromatic rings. The van der Waals surface area contributed by atoms with Gasteiger partial charge in [0.25, 0.3) is 0 Å². The van der Waals surface area contributed by atoms with Crippen molar-refractivity contribution in [3.05, 3.63) is 0 Å². The van der Waals surface area contributed by atoms with Crippen LogP contribution < -0.4 is 0 Å². The first-order valence-corrected chi connectivity index (χ1v) is 2.01. The summed E-state index contributed by atoms with van der Waals surface area (Å²) in [6.07, 6.45) is 0. The van der Waals surface area contributed by atoms with Crippen molar-refractivity contribution in [3.63, 3.8) is 0 Å². The van der Waals surface area contributed by atoms with Crippen LogP contribution in [0.25, 0.3) is 0 Å². The summed E-state index contributed by atoms with van der Waals surface area (Å²) in [6.45, 7) is 1.31. The summed E-state index contributed by atoms with van der Waals surface area (Å²) in [5, 5.41) is 8.04. The van der Waals surface area contributed by atoms with E-state index in [0.717, 1.165) is 0 Å². The Kier molecular flexibility index (Phi) is 10.5. The molecule has 0 atom stereocenters. The van der Waals surface area contributed by atoms with Crippen LogP contribution in [0.2, 0.25) is 0 Å². The van der Waals surface area contributed by atoms with E-state index in [9.17, 15) is 4.79 Å². The zero-order valence-electron chi connectivity index (χ0n) is 5.18. The molecule has 0 unspecified atom stereocenters. The predicted octanol–water partition coefficient (Wildman–Crippen LogP) is -0.839. The fourth-order valence-electron chi connectivity index (χ4n) is 0.189. The first kappa shape index (κ1) is 11.3. The summed E-state index contributed by atoms with van der Waals surface area (Å²) in [7, 11) is 0. The van der Waals surface area contributed by atoms with Crippen LogP contribution in [-0.2, 0) is 9.53 Å². The van der Waals surface area contributed by atoms with Gasteiger partial charge in [-0.25, -0.2) is 0 Å². The van der Waals surface area contributed by atoms with Crippen molar-refractivity contribution in [1.29, 1.82) is 0 Å². The number of aliphatic hydroxyl groups excluding tert-OH is 1. The van der Waals surface area contributed by atoms with Gasteiger partial charge in [0.1, 0.15) is 6.61 Å². The van der Waals surface area contributed by atoms with Crippen LogP contribution >= 0.6 is 0 Å². The van der Waals surface area contributed by atoms with Crippen LogP contribution in [0.5, 0.6) is 0 Å². The van der Waals surface area contributed by atoms with Gasteiger partial charge >= 0.3 is 5.97 Å². The largest absolute Gasteiger partial charge is 0.463 e. The first-order chi connectivity index (χ1) is 3.27. The van der Waals surface area contributed by atoms with Gasteiger partial charge in [0, 0.05) is 36.5 Å². The molecular weight excluding hydrogens is 119 g/mol. The van der Waals surface area contributed by atoms with Crippen molar-refractivity contribution >= 4 is 35.5 Å². The fraction of sp³-hybridized carbons (Fsp3) is 0.750. The molecule has 8 heavy (non-hydrogen) atoms. The Labute approximate surface area is 70.3 Å². The molecule has 0 aromatic carbocycles. The van der Waals surface area contributed by atoms with Gasteiger partial charge < -0.3 is 9.84 Å². The first-order valence-electron chi connectivity index (χ1n) is 2.01. The van der Waals surface area contributed by atoms with Gasteiger partial charge in [-0.1, -0.05) is 0 Å². The van der Waals surface area contributed by atoms with E-state index in [-0.39, 0.29) is 48.7 Å². The van der Waals surface area contributed by atoms with E-state index in [1.165, 1.54) is 6.92 Å². The van der Waals surface area contributed by atoms with Gasteiger partial charge in [0.15, 0.2) is 0 Å². The molecule has 0 bridgehead atoms. The summed E-state index contributed by atoms with van der Waals surface area (Å²) < 4.78 is 4.30. The van der Waals surface area contributed by atoms with Gasteiger partial charge in [0.05, 0.1) is 6.61 Å². The van der Waals surface area contributed by atoms with E-state index in [1.54, 1.807) is 0 Å². The van der Waals surface area contributed by atoms with Crippen LogP contribution in [0.15, 0.2) is 0 Å². The Balaban J connectivity index is 0. The average Bonchev–Trinajstić information content (AvgIpc) is 1.61. The van der Waals surface area contributed by atoms with Crippen molar-refractivity contribution in [2.45, 2.75) is 6.92 Å². The third kappa shape index (κ3) is 9.66. The summed E-state index contributed by atoms with van der Waals surface area (Å²) in [5.41, 5.74) is 0. The van der Waals surface area contributed by atoms with Crippen molar-refractivity contribution in [3.8, 4) is 0 Å². The molecule has 0 aromatic heterocycles. The molecule has 0 saturated heterocycles. The second-order valence-corrected chi connectivity index (χ2v) is 1.06. The van der Waals surface area contributed by atoms with Crippen molar-refractivity contribution in [2.24, 2.45) is 0 Å². The molecule has 0 spiro atoms. The van der Waals surface area contributed by atoms with Gasteiger partial charge in [-0.3, -0.25) is 4.79 Å². The smallest absolute Gasteiger partial charge is 0.302 e. The van der Waals surface area contributed by atoms with E-state index in [0.29, 0.717) is 0 Å². The molecule has 0 aliphatic carbocycles. The van der Waals surface area contributed by atoms with Gasteiger partial charge in [-0.2, -0.15) is 0 Å².